The molecule has 0 spiro atoms. The van der Waals surface area contributed by atoms with Crippen LogP contribution < -0.4 is 11.1 Å². The highest BCUT2D eigenvalue weighted by Crippen LogP contribution is 2.08. The minimum absolute atomic E-state index is 0.722. The third-order valence-electron chi connectivity index (χ3n) is 3.39. The molecule has 1 aromatic carbocycles. The number of nitrogens with zero attached hydrogens (tertiary/aromatic N) is 2. The molecule has 1 saturated heterocycles. The largest absolute Gasteiger partial charge is 0.385 e. The second kappa shape index (κ2) is 7.67. The number of hydrogen-bond acceptors (Lipinski definition) is 2. The van der Waals surface area contributed by atoms with Gasteiger partial charge in [0.2, 0.25) is 0 Å². The summed E-state index contributed by atoms with van der Waals surface area (Å²) in [5, 5.41) is 3.37. The molecule has 2 rings (SSSR count). The van der Waals surface area contributed by atoms with Crippen LogP contribution in [-0.4, -0.2) is 37.0 Å². The Hall–Kier alpha value is -1.71. The van der Waals surface area contributed by atoms with Gasteiger partial charge in [0.25, 0.3) is 0 Å². The zero-order valence-electron chi connectivity index (χ0n) is 11.5. The third-order valence-corrected chi connectivity index (χ3v) is 3.39. The van der Waals surface area contributed by atoms with Gasteiger partial charge < -0.3 is 16.0 Å². The summed E-state index contributed by atoms with van der Waals surface area (Å²) in [7, 11) is 0. The normalized spacial score (nSPS) is 16.4. The van der Waals surface area contributed by atoms with Gasteiger partial charge in [0, 0.05) is 31.9 Å². The van der Waals surface area contributed by atoms with E-state index in [0.717, 1.165) is 44.2 Å². The monoisotopic (exact) mass is 260 g/mol. The van der Waals surface area contributed by atoms with E-state index in [-0.39, 0.29) is 0 Å². The Morgan fingerprint density at radius 2 is 1.89 bits per heavy atom. The van der Waals surface area contributed by atoms with Crippen molar-refractivity contribution in [2.75, 3.05) is 31.5 Å². The summed E-state index contributed by atoms with van der Waals surface area (Å²) < 4.78 is 0. The Bertz CT molecular complexity index is 382. The summed E-state index contributed by atoms with van der Waals surface area (Å²) in [6.07, 6.45) is 4.81. The molecule has 19 heavy (non-hydrogen) atoms. The molecule has 0 aliphatic carbocycles. The average Bonchev–Trinajstić information content (AvgIpc) is 2.49. The first kappa shape index (κ1) is 13.7. The maximum absolute atomic E-state index is 6.00. The second-order valence-electron chi connectivity index (χ2n) is 4.93. The van der Waals surface area contributed by atoms with E-state index in [1.165, 1.54) is 19.3 Å². The molecule has 0 unspecified atom stereocenters. The minimum Gasteiger partial charge on any atom is -0.385 e. The van der Waals surface area contributed by atoms with E-state index in [0.29, 0.717) is 0 Å². The molecule has 4 heteroatoms. The number of aliphatic imine (C=N–C) groups is 1. The number of guanidine groups is 1. The van der Waals surface area contributed by atoms with Gasteiger partial charge in [-0.05, 0) is 37.8 Å². The van der Waals surface area contributed by atoms with Crippen LogP contribution in [0.3, 0.4) is 0 Å². The molecule has 4 nitrogen and oxygen atoms in total. The van der Waals surface area contributed by atoms with E-state index in [1.54, 1.807) is 0 Å². The lowest BCUT2D eigenvalue weighted by Crippen LogP contribution is -2.40. The zero-order valence-corrected chi connectivity index (χ0v) is 11.5. The van der Waals surface area contributed by atoms with Crippen molar-refractivity contribution in [2.24, 2.45) is 10.7 Å². The number of hydrogen-bond donors (Lipinski definition) is 2. The van der Waals surface area contributed by atoms with Crippen molar-refractivity contribution in [2.45, 2.75) is 25.7 Å². The maximum Gasteiger partial charge on any atom is 0.191 e. The molecule has 1 aliphatic rings. The molecule has 0 aromatic heterocycles. The molecule has 1 aromatic rings. The maximum atomic E-state index is 6.00. The fourth-order valence-electron chi connectivity index (χ4n) is 2.28. The van der Waals surface area contributed by atoms with E-state index in [4.69, 9.17) is 5.73 Å². The number of benzene rings is 1. The van der Waals surface area contributed by atoms with Gasteiger partial charge in [0.15, 0.2) is 5.96 Å². The van der Waals surface area contributed by atoms with Gasteiger partial charge in [-0.2, -0.15) is 0 Å². The Labute approximate surface area is 115 Å². The first-order valence-electron chi connectivity index (χ1n) is 7.20. The van der Waals surface area contributed by atoms with Crippen LogP contribution in [0, 0.1) is 0 Å². The average molecular weight is 260 g/mol. The van der Waals surface area contributed by atoms with E-state index in [1.807, 2.05) is 18.2 Å². The Balaban J connectivity index is 1.62. The third kappa shape index (κ3) is 4.81. The van der Waals surface area contributed by atoms with E-state index < -0.39 is 0 Å². The highest BCUT2D eigenvalue weighted by molar-refractivity contribution is 5.78. The van der Waals surface area contributed by atoms with Crippen molar-refractivity contribution < 1.29 is 0 Å². The van der Waals surface area contributed by atoms with Crippen LogP contribution in [0.4, 0.5) is 5.69 Å². The fourth-order valence-corrected chi connectivity index (χ4v) is 2.28. The predicted octanol–water partition coefficient (Wildman–Crippen LogP) is 2.29. The summed E-state index contributed by atoms with van der Waals surface area (Å²) in [4.78, 5) is 6.66. The first-order chi connectivity index (χ1) is 9.36. The number of para-hydroxylation sites is 1. The molecule has 1 fully saturated rings. The molecule has 0 amide bonds. The number of anilines is 1. The highest BCUT2D eigenvalue weighted by Gasteiger charge is 2.11. The lowest BCUT2D eigenvalue weighted by Gasteiger charge is -2.27. The Morgan fingerprint density at radius 1 is 1.16 bits per heavy atom. The van der Waals surface area contributed by atoms with E-state index >= 15 is 0 Å². The molecule has 0 atom stereocenters. The topological polar surface area (TPSA) is 53.6 Å². The van der Waals surface area contributed by atoms with Gasteiger partial charge in [0.1, 0.15) is 0 Å². The Kier molecular flexibility index (Phi) is 5.53. The lowest BCUT2D eigenvalue weighted by molar-refractivity contribution is 0.338. The van der Waals surface area contributed by atoms with Crippen molar-refractivity contribution in [3.8, 4) is 0 Å². The molecule has 0 bridgehead atoms. The van der Waals surface area contributed by atoms with Crippen LogP contribution >= 0.6 is 0 Å². The summed E-state index contributed by atoms with van der Waals surface area (Å²) >= 11 is 0. The number of likely N-dealkylation sites (tertiary alicyclic amines) is 1. The Morgan fingerprint density at radius 3 is 2.63 bits per heavy atom. The number of nitrogens with two attached hydrogens (primary N) is 1. The minimum atomic E-state index is 0.722. The summed E-state index contributed by atoms with van der Waals surface area (Å²) in [6.45, 7) is 3.86. The van der Waals surface area contributed by atoms with Crippen molar-refractivity contribution in [3.63, 3.8) is 0 Å². The van der Waals surface area contributed by atoms with Crippen LogP contribution in [0.1, 0.15) is 25.7 Å². The molecule has 0 radical (unpaired) electrons. The SMILES string of the molecule is NC(=NCCCNc1ccccc1)N1CCCCC1. The second-order valence-corrected chi connectivity index (χ2v) is 4.93. The molecule has 1 aliphatic heterocycles. The van der Waals surface area contributed by atoms with Crippen molar-refractivity contribution >= 4 is 11.6 Å². The first-order valence-corrected chi connectivity index (χ1v) is 7.20. The lowest BCUT2D eigenvalue weighted by atomic mass is 10.1. The van der Waals surface area contributed by atoms with Crippen LogP contribution in [-0.2, 0) is 0 Å². The fraction of sp³-hybridized carbons (Fsp3) is 0.533. The molecule has 1 heterocycles. The predicted molar refractivity (Wildman–Crippen MR) is 81.5 cm³/mol. The standard InChI is InChI=1S/C15H24N4/c16-15(19-12-5-2-6-13-19)18-11-7-10-17-14-8-3-1-4-9-14/h1,3-4,8-9,17H,2,5-7,10-13H2,(H2,16,18). The molecular formula is C15H24N4. The quantitative estimate of drug-likeness (QED) is 0.485. The van der Waals surface area contributed by atoms with Crippen molar-refractivity contribution in [3.05, 3.63) is 30.3 Å². The molecular weight excluding hydrogens is 236 g/mol. The number of rotatable bonds is 5. The van der Waals surface area contributed by atoms with Gasteiger partial charge in [0.05, 0.1) is 0 Å². The van der Waals surface area contributed by atoms with Gasteiger partial charge in [-0.15, -0.1) is 0 Å². The van der Waals surface area contributed by atoms with E-state index in [9.17, 15) is 0 Å². The summed E-state index contributed by atoms with van der Waals surface area (Å²) in [5.41, 5.74) is 7.16. The van der Waals surface area contributed by atoms with Gasteiger partial charge in [-0.25, -0.2) is 0 Å². The molecule has 104 valence electrons. The van der Waals surface area contributed by atoms with E-state index in [2.05, 4.69) is 27.3 Å². The van der Waals surface area contributed by atoms with Gasteiger partial charge in [-0.3, -0.25) is 4.99 Å². The van der Waals surface area contributed by atoms with Crippen LogP contribution in [0.25, 0.3) is 0 Å². The number of piperidine rings is 1. The van der Waals surface area contributed by atoms with Crippen LogP contribution in [0.5, 0.6) is 0 Å². The summed E-state index contributed by atoms with van der Waals surface area (Å²) in [6, 6.07) is 10.2. The summed E-state index contributed by atoms with van der Waals surface area (Å²) in [5.74, 6) is 0.722. The highest BCUT2D eigenvalue weighted by atomic mass is 15.2. The van der Waals surface area contributed by atoms with Gasteiger partial charge >= 0.3 is 0 Å². The molecule has 3 N–H and O–H groups in total. The molecule has 0 saturated carbocycles. The van der Waals surface area contributed by atoms with Crippen molar-refractivity contribution in [1.29, 1.82) is 0 Å². The van der Waals surface area contributed by atoms with Crippen LogP contribution in [0.2, 0.25) is 0 Å². The number of nitrogens with one attached hydrogen (secondary N) is 1. The van der Waals surface area contributed by atoms with Crippen molar-refractivity contribution in [1.82, 2.24) is 4.90 Å². The van der Waals surface area contributed by atoms with Crippen LogP contribution in [0.15, 0.2) is 35.3 Å². The zero-order chi connectivity index (χ0) is 13.3. The smallest absolute Gasteiger partial charge is 0.191 e. The van der Waals surface area contributed by atoms with Gasteiger partial charge in [-0.1, -0.05) is 18.2 Å².